The van der Waals surface area contributed by atoms with Crippen molar-refractivity contribution in [1.29, 1.82) is 0 Å². The Morgan fingerprint density at radius 2 is 2.00 bits per heavy atom. The highest BCUT2D eigenvalue weighted by Crippen LogP contribution is 2.18. The first-order chi connectivity index (χ1) is 9.37. The van der Waals surface area contributed by atoms with E-state index >= 15 is 0 Å². The van der Waals surface area contributed by atoms with Crippen LogP contribution < -0.4 is 11.2 Å². The molecular weight excluding hydrogens is 278 g/mol. The highest BCUT2D eigenvalue weighted by Gasteiger charge is 2.32. The smallest absolute Gasteiger partial charge is 0.244 e. The molecule has 2 rings (SSSR count). The van der Waals surface area contributed by atoms with Gasteiger partial charge in [0.2, 0.25) is 5.91 Å². The number of hydrogen-bond acceptors (Lipinski definition) is 5. The molecule has 1 fully saturated rings. The number of nitrogens with zero attached hydrogens (tertiary/aromatic N) is 1. The summed E-state index contributed by atoms with van der Waals surface area (Å²) in [5.41, 5.74) is 10.2. The van der Waals surface area contributed by atoms with Gasteiger partial charge in [0.05, 0.1) is 23.1 Å². The molecule has 0 unspecified atom stereocenters. The van der Waals surface area contributed by atoms with E-state index in [2.05, 4.69) is 10.5 Å². The first-order valence-electron chi connectivity index (χ1n) is 6.28. The fraction of sp³-hybridized carbons (Fsp3) is 0.385. The van der Waals surface area contributed by atoms with E-state index in [1.165, 1.54) is 0 Å². The summed E-state index contributed by atoms with van der Waals surface area (Å²) in [6.07, 6.45) is 0.366. The van der Waals surface area contributed by atoms with Crippen LogP contribution in [0.25, 0.3) is 0 Å². The zero-order chi connectivity index (χ0) is 14.8. The number of nitrogens with two attached hydrogens (primary N) is 1. The quantitative estimate of drug-likeness (QED) is 0.483. The molecule has 1 aliphatic heterocycles. The molecule has 1 atom stereocenters. The second-order valence-electron chi connectivity index (χ2n) is 4.90. The fourth-order valence-corrected chi connectivity index (χ4v) is 3.76. The van der Waals surface area contributed by atoms with Crippen LogP contribution in [0.15, 0.2) is 29.4 Å². The van der Waals surface area contributed by atoms with Gasteiger partial charge in [0.1, 0.15) is 0 Å². The zero-order valence-electron chi connectivity index (χ0n) is 11.2. The number of benzene rings is 1. The van der Waals surface area contributed by atoms with Crippen LogP contribution in [-0.4, -0.2) is 31.5 Å². The summed E-state index contributed by atoms with van der Waals surface area (Å²) in [4.78, 5) is 11.8. The molecule has 1 saturated heterocycles. The predicted molar refractivity (Wildman–Crippen MR) is 78.0 cm³/mol. The van der Waals surface area contributed by atoms with Crippen molar-refractivity contribution in [3.05, 3.63) is 29.8 Å². The Kier molecular flexibility index (Phi) is 4.08. The van der Waals surface area contributed by atoms with Crippen molar-refractivity contribution in [1.82, 2.24) is 5.43 Å². The molecule has 0 spiro atoms. The van der Waals surface area contributed by atoms with E-state index in [4.69, 9.17) is 5.73 Å². The third kappa shape index (κ3) is 3.57. The van der Waals surface area contributed by atoms with Crippen LogP contribution >= 0.6 is 0 Å². The van der Waals surface area contributed by atoms with Crippen LogP contribution in [-0.2, 0) is 14.6 Å². The molecule has 0 bridgehead atoms. The Balaban J connectivity index is 1.98. The number of nitrogens with one attached hydrogen (secondary N) is 1. The van der Waals surface area contributed by atoms with E-state index in [0.29, 0.717) is 17.8 Å². The Labute approximate surface area is 118 Å². The molecular formula is C13H17N3O3S. The minimum absolute atomic E-state index is 0.0751. The van der Waals surface area contributed by atoms with Crippen LogP contribution in [0.4, 0.5) is 5.69 Å². The van der Waals surface area contributed by atoms with E-state index in [-0.39, 0.29) is 17.4 Å². The minimum Gasteiger partial charge on any atom is -0.399 e. The molecule has 20 heavy (non-hydrogen) atoms. The number of nitrogen functional groups attached to an aromatic ring is 1. The predicted octanol–water partition coefficient (Wildman–Crippen LogP) is 0.544. The maximum atomic E-state index is 11.8. The van der Waals surface area contributed by atoms with Crippen LogP contribution in [0, 0.1) is 5.92 Å². The average molecular weight is 295 g/mol. The van der Waals surface area contributed by atoms with E-state index in [0.717, 1.165) is 5.56 Å². The van der Waals surface area contributed by atoms with Crippen LogP contribution in [0.5, 0.6) is 0 Å². The molecule has 0 aliphatic carbocycles. The standard InChI is InChI=1S/C13H17N3O3S/c1-9(10-2-4-12(14)5-3-10)15-16-13(17)11-6-7-20(18,19)8-11/h2-5,11H,6-8,14H2,1H3,(H,16,17)/b15-9-/t11-/m0/s1. The van der Waals surface area contributed by atoms with Gasteiger partial charge in [-0.3, -0.25) is 4.79 Å². The topological polar surface area (TPSA) is 102 Å². The van der Waals surface area contributed by atoms with Gasteiger partial charge in [-0.05, 0) is 31.0 Å². The molecule has 6 nitrogen and oxygen atoms in total. The van der Waals surface area contributed by atoms with Crippen molar-refractivity contribution < 1.29 is 13.2 Å². The van der Waals surface area contributed by atoms with Gasteiger partial charge in [-0.15, -0.1) is 0 Å². The van der Waals surface area contributed by atoms with Gasteiger partial charge < -0.3 is 5.73 Å². The molecule has 1 heterocycles. The van der Waals surface area contributed by atoms with Gasteiger partial charge in [-0.1, -0.05) is 12.1 Å². The molecule has 0 radical (unpaired) electrons. The van der Waals surface area contributed by atoms with Crippen LogP contribution in [0.3, 0.4) is 0 Å². The van der Waals surface area contributed by atoms with E-state index in [1.54, 1.807) is 31.2 Å². The number of hydrazone groups is 1. The summed E-state index contributed by atoms with van der Waals surface area (Å²) < 4.78 is 22.6. The molecule has 1 aliphatic rings. The summed E-state index contributed by atoms with van der Waals surface area (Å²) in [6, 6.07) is 7.11. The van der Waals surface area contributed by atoms with Crippen molar-refractivity contribution in [3.8, 4) is 0 Å². The minimum atomic E-state index is -3.06. The molecule has 0 aromatic heterocycles. The molecule has 0 saturated carbocycles. The fourth-order valence-electron chi connectivity index (χ4n) is 2.02. The Morgan fingerprint density at radius 3 is 2.55 bits per heavy atom. The zero-order valence-corrected chi connectivity index (χ0v) is 12.0. The number of anilines is 1. The van der Waals surface area contributed by atoms with Crippen LogP contribution in [0.2, 0.25) is 0 Å². The van der Waals surface area contributed by atoms with Crippen molar-refractivity contribution >= 4 is 27.1 Å². The lowest BCUT2D eigenvalue weighted by Crippen LogP contribution is -2.28. The van der Waals surface area contributed by atoms with Crippen molar-refractivity contribution in [3.63, 3.8) is 0 Å². The summed E-state index contributed by atoms with van der Waals surface area (Å²) in [7, 11) is -3.06. The first kappa shape index (κ1) is 14.5. The summed E-state index contributed by atoms with van der Waals surface area (Å²) in [6.45, 7) is 1.76. The first-order valence-corrected chi connectivity index (χ1v) is 8.10. The van der Waals surface area contributed by atoms with Crippen molar-refractivity contribution in [2.24, 2.45) is 11.0 Å². The van der Waals surface area contributed by atoms with Gasteiger partial charge in [0.15, 0.2) is 9.84 Å². The Bertz CT molecular complexity index is 635. The number of carbonyl (C=O) groups excluding carboxylic acids is 1. The second kappa shape index (κ2) is 5.62. The van der Waals surface area contributed by atoms with E-state index < -0.39 is 15.8 Å². The normalized spacial score (nSPS) is 21.6. The monoisotopic (exact) mass is 295 g/mol. The molecule has 3 N–H and O–H groups in total. The number of hydrogen-bond donors (Lipinski definition) is 2. The third-order valence-electron chi connectivity index (χ3n) is 3.27. The third-order valence-corrected chi connectivity index (χ3v) is 5.03. The lowest BCUT2D eigenvalue weighted by Gasteiger charge is -2.06. The van der Waals surface area contributed by atoms with Gasteiger partial charge in [0.25, 0.3) is 0 Å². The Hall–Kier alpha value is -1.89. The summed E-state index contributed by atoms with van der Waals surface area (Å²) in [5, 5.41) is 4.00. The molecule has 1 aromatic rings. The van der Waals surface area contributed by atoms with Gasteiger partial charge in [-0.2, -0.15) is 5.10 Å². The van der Waals surface area contributed by atoms with E-state index in [1.807, 2.05) is 0 Å². The number of amides is 1. The Morgan fingerprint density at radius 1 is 1.35 bits per heavy atom. The van der Waals surface area contributed by atoms with E-state index in [9.17, 15) is 13.2 Å². The maximum absolute atomic E-state index is 11.8. The summed E-state index contributed by atoms with van der Waals surface area (Å²) >= 11 is 0. The molecule has 1 aromatic carbocycles. The molecule has 108 valence electrons. The SMILES string of the molecule is C/C(=N/NC(=O)[C@H]1CCS(=O)(=O)C1)c1ccc(N)cc1. The van der Waals surface area contributed by atoms with Gasteiger partial charge in [-0.25, -0.2) is 13.8 Å². The summed E-state index contributed by atoms with van der Waals surface area (Å²) in [5.74, 6) is -0.857. The number of rotatable bonds is 3. The van der Waals surface area contributed by atoms with Gasteiger partial charge in [0, 0.05) is 5.69 Å². The van der Waals surface area contributed by atoms with Gasteiger partial charge >= 0.3 is 0 Å². The lowest BCUT2D eigenvalue weighted by atomic mass is 10.1. The largest absolute Gasteiger partial charge is 0.399 e. The number of sulfone groups is 1. The molecule has 1 amide bonds. The van der Waals surface area contributed by atoms with Crippen molar-refractivity contribution in [2.75, 3.05) is 17.2 Å². The lowest BCUT2D eigenvalue weighted by molar-refractivity contribution is -0.124. The average Bonchev–Trinajstić information content (AvgIpc) is 2.77. The van der Waals surface area contributed by atoms with Crippen molar-refractivity contribution in [2.45, 2.75) is 13.3 Å². The number of carbonyl (C=O) groups is 1. The highest BCUT2D eigenvalue weighted by molar-refractivity contribution is 7.91. The molecule has 7 heteroatoms. The maximum Gasteiger partial charge on any atom is 0.244 e. The van der Waals surface area contributed by atoms with Crippen LogP contribution in [0.1, 0.15) is 18.9 Å². The highest BCUT2D eigenvalue weighted by atomic mass is 32.2. The second-order valence-corrected chi connectivity index (χ2v) is 7.12.